The molecule has 0 aromatic heterocycles. The standard InChI is InChI=1S/C22H39N3O8/c1-16(2)18-13-21(28)25(22(18)29)7-5-23-19(26)14-31-11-9-30-10-12-32-15-20(27)24-6-8-33-17(3)4/h16-18H,5-15H2,1-4H3,(H,23,26)(H,24,27). The van der Waals surface area contributed by atoms with Crippen molar-refractivity contribution >= 4 is 23.6 Å². The van der Waals surface area contributed by atoms with Crippen LogP contribution in [0.25, 0.3) is 0 Å². The van der Waals surface area contributed by atoms with Gasteiger partial charge in [-0.25, -0.2) is 0 Å². The van der Waals surface area contributed by atoms with E-state index in [1.165, 1.54) is 4.90 Å². The van der Waals surface area contributed by atoms with Crippen LogP contribution in [-0.2, 0) is 38.1 Å². The molecule has 190 valence electrons. The number of rotatable bonds is 18. The molecule has 0 spiro atoms. The first-order valence-electron chi connectivity index (χ1n) is 11.4. The summed E-state index contributed by atoms with van der Waals surface area (Å²) in [5, 5.41) is 5.32. The van der Waals surface area contributed by atoms with Gasteiger partial charge in [-0.2, -0.15) is 0 Å². The number of carbonyl (C=O) groups is 4. The van der Waals surface area contributed by atoms with Gasteiger partial charge in [-0.05, 0) is 19.8 Å². The quantitative estimate of drug-likeness (QED) is 0.205. The Labute approximate surface area is 195 Å². The van der Waals surface area contributed by atoms with Crippen LogP contribution in [0.5, 0.6) is 0 Å². The van der Waals surface area contributed by atoms with Crippen LogP contribution >= 0.6 is 0 Å². The van der Waals surface area contributed by atoms with Crippen LogP contribution in [0.4, 0.5) is 0 Å². The van der Waals surface area contributed by atoms with Gasteiger partial charge in [0.15, 0.2) is 0 Å². The summed E-state index contributed by atoms with van der Waals surface area (Å²) in [7, 11) is 0. The van der Waals surface area contributed by atoms with Crippen molar-refractivity contribution in [1.82, 2.24) is 15.5 Å². The molecule has 1 unspecified atom stereocenters. The number of hydrogen-bond donors (Lipinski definition) is 2. The molecule has 4 amide bonds. The third-order valence-corrected chi connectivity index (χ3v) is 4.83. The third kappa shape index (κ3) is 12.7. The van der Waals surface area contributed by atoms with Crippen LogP contribution < -0.4 is 10.6 Å². The smallest absolute Gasteiger partial charge is 0.246 e. The second-order valence-corrected chi connectivity index (χ2v) is 8.28. The lowest BCUT2D eigenvalue weighted by Crippen LogP contribution is -2.39. The van der Waals surface area contributed by atoms with Crippen LogP contribution in [0.15, 0.2) is 0 Å². The predicted octanol–water partition coefficient (Wildman–Crippen LogP) is -0.275. The summed E-state index contributed by atoms with van der Waals surface area (Å²) in [6.07, 6.45) is 0.366. The molecule has 33 heavy (non-hydrogen) atoms. The number of nitrogens with zero attached hydrogens (tertiary/aromatic N) is 1. The largest absolute Gasteiger partial charge is 0.377 e. The van der Waals surface area contributed by atoms with Gasteiger partial charge in [0.2, 0.25) is 23.6 Å². The molecule has 0 radical (unpaired) electrons. The molecule has 0 bridgehead atoms. The average molecular weight is 474 g/mol. The average Bonchev–Trinajstić information content (AvgIpc) is 3.04. The molecular weight excluding hydrogens is 434 g/mol. The van der Waals surface area contributed by atoms with Gasteiger partial charge in [-0.15, -0.1) is 0 Å². The number of hydrogen-bond acceptors (Lipinski definition) is 8. The molecule has 2 N–H and O–H groups in total. The highest BCUT2D eigenvalue weighted by atomic mass is 16.5. The van der Waals surface area contributed by atoms with E-state index in [0.29, 0.717) is 19.8 Å². The highest BCUT2D eigenvalue weighted by Gasteiger charge is 2.39. The Morgan fingerprint density at radius 1 is 0.879 bits per heavy atom. The Hall–Kier alpha value is -2.08. The van der Waals surface area contributed by atoms with Crippen molar-refractivity contribution in [3.63, 3.8) is 0 Å². The van der Waals surface area contributed by atoms with Gasteiger partial charge in [-0.3, -0.25) is 24.1 Å². The molecule has 11 nitrogen and oxygen atoms in total. The Balaban J connectivity index is 1.94. The third-order valence-electron chi connectivity index (χ3n) is 4.83. The highest BCUT2D eigenvalue weighted by Crippen LogP contribution is 2.25. The van der Waals surface area contributed by atoms with E-state index < -0.39 is 0 Å². The molecule has 11 heteroatoms. The van der Waals surface area contributed by atoms with E-state index >= 15 is 0 Å². The van der Waals surface area contributed by atoms with Gasteiger partial charge >= 0.3 is 0 Å². The lowest BCUT2D eigenvalue weighted by atomic mass is 9.94. The molecule has 1 aliphatic rings. The molecular formula is C22H39N3O8. The van der Waals surface area contributed by atoms with Gasteiger partial charge in [0, 0.05) is 32.0 Å². The van der Waals surface area contributed by atoms with Crippen LogP contribution in [0.2, 0.25) is 0 Å². The molecule has 1 fully saturated rings. The summed E-state index contributed by atoms with van der Waals surface area (Å²) in [5.41, 5.74) is 0. The monoisotopic (exact) mass is 473 g/mol. The van der Waals surface area contributed by atoms with E-state index in [1.54, 1.807) is 0 Å². The van der Waals surface area contributed by atoms with Crippen molar-refractivity contribution in [2.75, 3.05) is 65.9 Å². The van der Waals surface area contributed by atoms with E-state index in [2.05, 4.69) is 10.6 Å². The summed E-state index contributed by atoms with van der Waals surface area (Å²) in [5.74, 6) is -1.06. The summed E-state index contributed by atoms with van der Waals surface area (Å²) in [6, 6.07) is 0. The SMILES string of the molecule is CC(C)OCCNC(=O)COCCOCCOCC(=O)NCCN1C(=O)CC(C(C)C)C1=O. The van der Waals surface area contributed by atoms with E-state index in [9.17, 15) is 19.2 Å². The molecule has 0 aromatic carbocycles. The zero-order valence-corrected chi connectivity index (χ0v) is 20.2. The molecule has 1 rings (SSSR count). The maximum Gasteiger partial charge on any atom is 0.246 e. The maximum atomic E-state index is 12.2. The first kappa shape index (κ1) is 29.0. The van der Waals surface area contributed by atoms with Gasteiger partial charge in [-0.1, -0.05) is 13.8 Å². The van der Waals surface area contributed by atoms with Crippen molar-refractivity contribution in [3.05, 3.63) is 0 Å². The minimum absolute atomic E-state index is 0.0472. The highest BCUT2D eigenvalue weighted by molar-refractivity contribution is 6.03. The van der Waals surface area contributed by atoms with E-state index in [1.807, 2.05) is 27.7 Å². The van der Waals surface area contributed by atoms with Gasteiger partial charge < -0.3 is 29.6 Å². The van der Waals surface area contributed by atoms with Crippen molar-refractivity contribution in [3.8, 4) is 0 Å². The summed E-state index contributed by atoms with van der Waals surface area (Å²) in [6.45, 7) is 9.83. The zero-order chi connectivity index (χ0) is 24.6. The minimum atomic E-state index is -0.331. The summed E-state index contributed by atoms with van der Waals surface area (Å²) >= 11 is 0. The minimum Gasteiger partial charge on any atom is -0.377 e. The second-order valence-electron chi connectivity index (χ2n) is 8.28. The van der Waals surface area contributed by atoms with Crippen LogP contribution in [0.3, 0.4) is 0 Å². The van der Waals surface area contributed by atoms with E-state index in [0.717, 1.165) is 0 Å². The lowest BCUT2D eigenvalue weighted by Gasteiger charge is -2.16. The van der Waals surface area contributed by atoms with Crippen LogP contribution in [-0.4, -0.2) is 101 Å². The van der Waals surface area contributed by atoms with Crippen LogP contribution in [0.1, 0.15) is 34.1 Å². The molecule has 1 atom stereocenters. The number of nitrogens with one attached hydrogen (secondary N) is 2. The first-order valence-corrected chi connectivity index (χ1v) is 11.4. The molecule has 0 saturated carbocycles. The second kappa shape index (κ2) is 16.5. The summed E-state index contributed by atoms with van der Waals surface area (Å²) in [4.78, 5) is 48.7. The number of likely N-dealkylation sites (tertiary alicyclic amines) is 1. The van der Waals surface area contributed by atoms with Crippen molar-refractivity contribution < 1.29 is 38.1 Å². The maximum absolute atomic E-state index is 12.2. The fourth-order valence-electron chi connectivity index (χ4n) is 3.03. The Bertz CT molecular complexity index is 627. The van der Waals surface area contributed by atoms with Gasteiger partial charge in [0.25, 0.3) is 0 Å². The van der Waals surface area contributed by atoms with Gasteiger partial charge in [0.1, 0.15) is 13.2 Å². The Morgan fingerprint density at radius 3 is 1.94 bits per heavy atom. The normalized spacial score (nSPS) is 16.2. The van der Waals surface area contributed by atoms with E-state index in [-0.39, 0.29) is 94.1 Å². The van der Waals surface area contributed by atoms with Gasteiger partial charge in [0.05, 0.1) is 39.1 Å². The molecule has 1 heterocycles. The fraction of sp³-hybridized carbons (Fsp3) is 0.818. The molecule has 0 aromatic rings. The number of carbonyl (C=O) groups excluding carboxylic acids is 4. The number of amides is 4. The van der Waals surface area contributed by atoms with Crippen molar-refractivity contribution in [2.45, 2.75) is 40.2 Å². The Morgan fingerprint density at radius 2 is 1.42 bits per heavy atom. The number of ether oxygens (including phenoxy) is 4. The molecule has 0 aliphatic carbocycles. The zero-order valence-electron chi connectivity index (χ0n) is 20.2. The Kier molecular flexibility index (Phi) is 14.5. The topological polar surface area (TPSA) is 132 Å². The van der Waals surface area contributed by atoms with E-state index in [4.69, 9.17) is 18.9 Å². The predicted molar refractivity (Wildman–Crippen MR) is 119 cm³/mol. The fourth-order valence-corrected chi connectivity index (χ4v) is 3.03. The van der Waals surface area contributed by atoms with Crippen LogP contribution in [0, 0.1) is 11.8 Å². The lowest BCUT2D eigenvalue weighted by molar-refractivity contribution is -0.140. The molecule has 1 saturated heterocycles. The summed E-state index contributed by atoms with van der Waals surface area (Å²) < 4.78 is 21.1. The first-order chi connectivity index (χ1) is 15.7. The molecule has 1 aliphatic heterocycles. The van der Waals surface area contributed by atoms with Crippen molar-refractivity contribution in [1.29, 1.82) is 0 Å². The van der Waals surface area contributed by atoms with Crippen molar-refractivity contribution in [2.24, 2.45) is 11.8 Å². The number of imide groups is 1.